The Bertz CT molecular complexity index is 1300. The molecule has 0 bridgehead atoms. The van der Waals surface area contributed by atoms with Crippen LogP contribution in [0, 0.1) is 13.8 Å². The minimum absolute atomic E-state index is 0.0812. The van der Waals surface area contributed by atoms with Crippen LogP contribution in [-0.4, -0.2) is 45.0 Å². The molecule has 0 aliphatic heterocycles. The van der Waals surface area contributed by atoms with Crippen LogP contribution in [0.4, 0.5) is 5.69 Å². The molecule has 9 heteroatoms. The highest BCUT2D eigenvalue weighted by Crippen LogP contribution is 2.35. The van der Waals surface area contributed by atoms with E-state index in [-0.39, 0.29) is 11.2 Å². The van der Waals surface area contributed by atoms with Crippen molar-refractivity contribution >= 4 is 39.9 Å². The van der Waals surface area contributed by atoms with Gasteiger partial charge in [0.2, 0.25) is 5.91 Å². The maximum atomic E-state index is 13.0. The number of anilines is 1. The number of hydrogen-bond donors (Lipinski definition) is 1. The average Bonchev–Trinajstić information content (AvgIpc) is 3.18. The number of amides is 1. The molecule has 0 saturated carbocycles. The summed E-state index contributed by atoms with van der Waals surface area (Å²) in [6, 6.07) is 11.4. The van der Waals surface area contributed by atoms with E-state index in [1.165, 1.54) is 11.8 Å². The minimum atomic E-state index is -0.353. The van der Waals surface area contributed by atoms with Crippen LogP contribution < -0.4 is 14.8 Å². The second-order valence-electron chi connectivity index (χ2n) is 7.39. The van der Waals surface area contributed by atoms with Gasteiger partial charge in [-0.3, -0.25) is 4.79 Å². The summed E-state index contributed by atoms with van der Waals surface area (Å²) in [5.41, 5.74) is 3.21. The fourth-order valence-electron chi connectivity index (χ4n) is 3.48. The van der Waals surface area contributed by atoms with Crippen molar-refractivity contribution in [3.8, 4) is 11.5 Å². The van der Waals surface area contributed by atoms with Crippen molar-refractivity contribution in [1.82, 2.24) is 19.6 Å². The molecular formula is C23H25N5O3S. The van der Waals surface area contributed by atoms with Gasteiger partial charge in [-0.05, 0) is 44.0 Å². The van der Waals surface area contributed by atoms with E-state index in [1.807, 2.05) is 57.2 Å². The van der Waals surface area contributed by atoms with Crippen LogP contribution in [0.3, 0.4) is 0 Å². The molecule has 0 spiro atoms. The molecule has 1 atom stereocenters. The largest absolute Gasteiger partial charge is 0.493 e. The molecule has 4 rings (SSSR count). The fourth-order valence-corrected chi connectivity index (χ4v) is 4.45. The third-order valence-electron chi connectivity index (χ3n) is 5.05. The van der Waals surface area contributed by atoms with Crippen molar-refractivity contribution in [3.05, 3.63) is 47.8 Å². The van der Waals surface area contributed by atoms with Crippen LogP contribution in [0.1, 0.15) is 24.7 Å². The van der Waals surface area contributed by atoms with Gasteiger partial charge in [0.25, 0.3) is 0 Å². The van der Waals surface area contributed by atoms with Crippen molar-refractivity contribution in [3.63, 3.8) is 0 Å². The molecule has 2 aromatic carbocycles. The summed E-state index contributed by atoms with van der Waals surface area (Å²) in [5, 5.41) is 8.56. The number of hydrogen-bond acceptors (Lipinski definition) is 7. The number of aromatic nitrogens is 4. The van der Waals surface area contributed by atoms with Crippen molar-refractivity contribution in [2.45, 2.75) is 37.6 Å². The van der Waals surface area contributed by atoms with E-state index in [0.717, 1.165) is 16.6 Å². The van der Waals surface area contributed by atoms with Gasteiger partial charge in [-0.25, -0.2) is 9.97 Å². The normalized spacial score (nSPS) is 12.2. The molecule has 32 heavy (non-hydrogen) atoms. The molecule has 0 aliphatic rings. The number of ether oxygens (including phenoxy) is 2. The number of thioether (sulfide) groups is 1. The van der Waals surface area contributed by atoms with E-state index in [9.17, 15) is 4.79 Å². The third kappa shape index (κ3) is 4.20. The summed E-state index contributed by atoms with van der Waals surface area (Å²) in [4.78, 5) is 22.4. The van der Waals surface area contributed by atoms with Gasteiger partial charge in [-0.2, -0.15) is 4.52 Å². The smallest absolute Gasteiger partial charge is 0.237 e. The summed E-state index contributed by atoms with van der Waals surface area (Å²) in [6.45, 7) is 5.80. The molecule has 0 radical (unpaired) electrons. The van der Waals surface area contributed by atoms with Gasteiger partial charge in [0.1, 0.15) is 5.82 Å². The summed E-state index contributed by atoms with van der Waals surface area (Å²) in [6.07, 6.45) is 0.628. The lowest BCUT2D eigenvalue weighted by molar-refractivity contribution is -0.115. The van der Waals surface area contributed by atoms with Crippen molar-refractivity contribution in [1.29, 1.82) is 0 Å². The van der Waals surface area contributed by atoms with E-state index in [2.05, 4.69) is 15.4 Å². The summed E-state index contributed by atoms with van der Waals surface area (Å²) < 4.78 is 12.6. The van der Waals surface area contributed by atoms with Gasteiger partial charge >= 0.3 is 0 Å². The molecule has 1 amide bonds. The first-order valence-corrected chi connectivity index (χ1v) is 11.1. The first kappa shape index (κ1) is 21.9. The lowest BCUT2D eigenvalue weighted by atomic mass is 10.2. The quantitative estimate of drug-likeness (QED) is 0.328. The number of nitrogens with zero attached hydrogens (tertiary/aromatic N) is 4. The number of fused-ring (bicyclic) bond motifs is 3. The van der Waals surface area contributed by atoms with Gasteiger partial charge in [0, 0.05) is 17.1 Å². The zero-order chi connectivity index (χ0) is 22.8. The number of carbonyl (C=O) groups is 1. The van der Waals surface area contributed by atoms with Gasteiger partial charge < -0.3 is 14.8 Å². The Morgan fingerprint density at radius 2 is 1.88 bits per heavy atom. The van der Waals surface area contributed by atoms with Gasteiger partial charge in [0.15, 0.2) is 22.3 Å². The Hall–Kier alpha value is -3.33. The van der Waals surface area contributed by atoms with Gasteiger partial charge in [-0.1, -0.05) is 30.8 Å². The molecule has 0 aliphatic carbocycles. The van der Waals surface area contributed by atoms with E-state index in [1.54, 1.807) is 18.7 Å². The molecule has 4 aromatic rings. The Labute approximate surface area is 190 Å². The first-order chi connectivity index (χ1) is 15.4. The van der Waals surface area contributed by atoms with Crippen molar-refractivity contribution < 1.29 is 14.3 Å². The second kappa shape index (κ2) is 9.04. The van der Waals surface area contributed by atoms with Crippen LogP contribution in [-0.2, 0) is 4.79 Å². The Balaban J connectivity index is 1.74. The summed E-state index contributed by atoms with van der Waals surface area (Å²) in [5.74, 6) is 1.71. The predicted molar refractivity (Wildman–Crippen MR) is 126 cm³/mol. The molecular weight excluding hydrogens is 426 g/mol. The number of nitrogens with one attached hydrogen (secondary N) is 1. The van der Waals surface area contributed by atoms with Crippen LogP contribution in [0.15, 0.2) is 41.6 Å². The van der Waals surface area contributed by atoms with Gasteiger partial charge in [-0.15, -0.1) is 5.10 Å². The highest BCUT2D eigenvalue weighted by Gasteiger charge is 2.23. The van der Waals surface area contributed by atoms with Crippen LogP contribution in [0.25, 0.3) is 16.6 Å². The molecule has 0 unspecified atom stereocenters. The lowest BCUT2D eigenvalue weighted by Gasteiger charge is -2.16. The summed E-state index contributed by atoms with van der Waals surface area (Å²) >= 11 is 1.37. The Morgan fingerprint density at radius 3 is 2.56 bits per heavy atom. The number of benzene rings is 2. The van der Waals surface area contributed by atoms with Crippen LogP contribution in [0.2, 0.25) is 0 Å². The van der Waals surface area contributed by atoms with Crippen LogP contribution in [0.5, 0.6) is 11.5 Å². The minimum Gasteiger partial charge on any atom is -0.493 e. The van der Waals surface area contributed by atoms with Crippen molar-refractivity contribution in [2.24, 2.45) is 0 Å². The van der Waals surface area contributed by atoms with E-state index in [4.69, 9.17) is 14.5 Å². The number of carbonyl (C=O) groups excluding carboxylic acids is 1. The maximum absolute atomic E-state index is 13.0. The van der Waals surface area contributed by atoms with Crippen molar-refractivity contribution in [2.75, 3.05) is 19.5 Å². The predicted octanol–water partition coefficient (Wildman–Crippen LogP) is 4.42. The zero-order valence-corrected chi connectivity index (χ0v) is 19.5. The van der Waals surface area contributed by atoms with Crippen LogP contribution >= 0.6 is 11.8 Å². The highest BCUT2D eigenvalue weighted by molar-refractivity contribution is 8.00. The molecule has 166 valence electrons. The Morgan fingerprint density at radius 1 is 1.12 bits per heavy atom. The molecule has 0 fully saturated rings. The van der Waals surface area contributed by atoms with E-state index in [0.29, 0.717) is 40.1 Å². The van der Waals surface area contributed by atoms with E-state index >= 15 is 0 Å². The zero-order valence-electron chi connectivity index (χ0n) is 18.7. The second-order valence-corrected chi connectivity index (χ2v) is 8.56. The lowest BCUT2D eigenvalue weighted by Crippen LogP contribution is -2.25. The monoisotopic (exact) mass is 451 g/mol. The number of methoxy groups -OCH3 is 2. The molecule has 2 heterocycles. The van der Waals surface area contributed by atoms with Gasteiger partial charge in [0.05, 0.1) is 25.0 Å². The molecule has 1 N–H and O–H groups in total. The highest BCUT2D eigenvalue weighted by atomic mass is 32.2. The molecule has 8 nitrogen and oxygen atoms in total. The standard InChI is InChI=1S/C23H25N5O3S/c1-6-20(22(29)25-15-9-7-8-13(2)10-15)32-23-26-17-12-19(31-5)18(30-4)11-16(17)21-24-14(3)27-28(21)23/h7-12,20H,6H2,1-5H3,(H,25,29)/t20-/m1/s1. The Kier molecular flexibility index (Phi) is 6.18. The third-order valence-corrected chi connectivity index (χ3v) is 6.36. The summed E-state index contributed by atoms with van der Waals surface area (Å²) in [7, 11) is 3.17. The fraction of sp³-hybridized carbons (Fsp3) is 0.304. The maximum Gasteiger partial charge on any atom is 0.237 e. The van der Waals surface area contributed by atoms with E-state index < -0.39 is 0 Å². The number of aryl methyl sites for hydroxylation is 2. The average molecular weight is 452 g/mol. The topological polar surface area (TPSA) is 90.6 Å². The molecule has 0 saturated heterocycles. The SMILES string of the molecule is CC[C@@H](Sc1nc2cc(OC)c(OC)cc2c2nc(C)nn12)C(=O)Nc1cccc(C)c1. The molecule has 2 aromatic heterocycles. The first-order valence-electron chi connectivity index (χ1n) is 10.3. The number of rotatable bonds is 7.